The summed E-state index contributed by atoms with van der Waals surface area (Å²) in [6, 6.07) is 16.1. The van der Waals surface area contributed by atoms with Crippen molar-refractivity contribution in [1.29, 1.82) is 0 Å². The number of hydrogen-bond donors (Lipinski definition) is 0. The minimum absolute atomic E-state index is 0.292. The van der Waals surface area contributed by atoms with Crippen LogP contribution in [0.15, 0.2) is 48.5 Å². The van der Waals surface area contributed by atoms with Gasteiger partial charge in [-0.3, -0.25) is 0 Å². The highest BCUT2D eigenvalue weighted by Crippen LogP contribution is 2.24. The van der Waals surface area contributed by atoms with Gasteiger partial charge in [0.05, 0.1) is 3.57 Å². The molecule has 0 atom stereocenters. The molecule has 4 nitrogen and oxygen atoms in total. The van der Waals surface area contributed by atoms with Crippen LogP contribution in [-0.4, -0.2) is 23.1 Å². The Bertz CT molecular complexity index is 726. The summed E-state index contributed by atoms with van der Waals surface area (Å²) in [6.45, 7) is 9.22. The molecular weight excluding hydrogens is 441 g/mol. The van der Waals surface area contributed by atoms with Gasteiger partial charge in [-0.25, -0.2) is 4.79 Å². The van der Waals surface area contributed by atoms with E-state index in [1.54, 1.807) is 4.90 Å². The molecular formula is C21H26INO3. The van der Waals surface area contributed by atoms with Gasteiger partial charge in [0.25, 0.3) is 0 Å². The maximum atomic E-state index is 12.3. The van der Waals surface area contributed by atoms with Crippen LogP contribution in [0.3, 0.4) is 0 Å². The molecule has 1 amide bonds. The van der Waals surface area contributed by atoms with E-state index in [-0.39, 0.29) is 6.09 Å². The quantitative estimate of drug-likeness (QED) is 0.518. The Labute approximate surface area is 169 Å². The third-order valence-corrected chi connectivity index (χ3v) is 4.48. The van der Waals surface area contributed by atoms with Crippen molar-refractivity contribution < 1.29 is 14.3 Å². The van der Waals surface area contributed by atoms with Gasteiger partial charge >= 0.3 is 6.09 Å². The number of hydrogen-bond acceptors (Lipinski definition) is 3. The fourth-order valence-electron chi connectivity index (χ4n) is 2.35. The lowest BCUT2D eigenvalue weighted by molar-refractivity contribution is 0.0244. The summed E-state index contributed by atoms with van der Waals surface area (Å²) < 4.78 is 12.4. The van der Waals surface area contributed by atoms with E-state index in [9.17, 15) is 4.79 Å². The lowest BCUT2D eigenvalue weighted by Crippen LogP contribution is -2.36. The summed E-state index contributed by atoms with van der Waals surface area (Å²) in [7, 11) is 0. The number of benzene rings is 2. The van der Waals surface area contributed by atoms with Gasteiger partial charge < -0.3 is 14.4 Å². The van der Waals surface area contributed by atoms with Crippen molar-refractivity contribution in [2.45, 2.75) is 46.4 Å². The minimum atomic E-state index is -0.492. The summed E-state index contributed by atoms with van der Waals surface area (Å²) in [5.41, 5.74) is 1.69. The first-order valence-electron chi connectivity index (χ1n) is 8.71. The minimum Gasteiger partial charge on any atom is -0.488 e. The molecule has 0 aromatic heterocycles. The number of nitrogens with zero attached hydrogens (tertiary/aromatic N) is 1. The Kier molecular flexibility index (Phi) is 7.32. The maximum Gasteiger partial charge on any atom is 0.410 e. The average Bonchev–Trinajstić information content (AvgIpc) is 2.58. The second-order valence-electron chi connectivity index (χ2n) is 7.03. The van der Waals surface area contributed by atoms with Crippen LogP contribution in [0.5, 0.6) is 5.75 Å². The van der Waals surface area contributed by atoms with E-state index in [0.29, 0.717) is 19.7 Å². The van der Waals surface area contributed by atoms with Gasteiger partial charge in [-0.05, 0) is 73.5 Å². The summed E-state index contributed by atoms with van der Waals surface area (Å²) >= 11 is 2.27. The molecule has 0 bridgehead atoms. The fourth-order valence-corrected chi connectivity index (χ4v) is 3.08. The average molecular weight is 467 g/mol. The molecule has 0 aliphatic rings. The fraction of sp³-hybridized carbons (Fsp3) is 0.381. The summed E-state index contributed by atoms with van der Waals surface area (Å²) in [5, 5.41) is 0. The van der Waals surface area contributed by atoms with Crippen LogP contribution in [-0.2, 0) is 17.9 Å². The second kappa shape index (κ2) is 9.26. The van der Waals surface area contributed by atoms with Gasteiger partial charge in [-0.1, -0.05) is 36.4 Å². The molecule has 2 rings (SSSR count). The van der Waals surface area contributed by atoms with E-state index in [1.165, 1.54) is 0 Å². The van der Waals surface area contributed by atoms with Crippen LogP contribution in [0.2, 0.25) is 0 Å². The molecule has 0 saturated carbocycles. The zero-order valence-corrected chi connectivity index (χ0v) is 17.9. The van der Waals surface area contributed by atoms with E-state index in [0.717, 1.165) is 20.4 Å². The van der Waals surface area contributed by atoms with Crippen LogP contribution in [0.25, 0.3) is 0 Å². The van der Waals surface area contributed by atoms with E-state index in [2.05, 4.69) is 22.6 Å². The molecule has 26 heavy (non-hydrogen) atoms. The van der Waals surface area contributed by atoms with Crippen LogP contribution in [0, 0.1) is 3.57 Å². The number of carbonyl (C=O) groups is 1. The van der Waals surface area contributed by atoms with Crippen LogP contribution in [0.1, 0.15) is 38.8 Å². The van der Waals surface area contributed by atoms with Crippen LogP contribution >= 0.6 is 22.6 Å². The molecule has 0 N–H and O–H groups in total. The van der Waals surface area contributed by atoms with Crippen molar-refractivity contribution in [2.24, 2.45) is 0 Å². The molecule has 0 spiro atoms. The Morgan fingerprint density at radius 1 is 1.08 bits per heavy atom. The summed E-state index contributed by atoms with van der Waals surface area (Å²) in [6.07, 6.45) is -0.292. The molecule has 0 radical (unpaired) electrons. The standard InChI is InChI=1S/C21H26INO3/c1-5-23(20(24)26-21(2,3)4)14-17-11-12-19(18(22)13-17)25-15-16-9-7-6-8-10-16/h6-13H,5,14-15H2,1-4H3. The monoisotopic (exact) mass is 467 g/mol. The first kappa shape index (κ1) is 20.6. The number of rotatable bonds is 6. The van der Waals surface area contributed by atoms with E-state index in [1.807, 2.05) is 76.2 Å². The third-order valence-electron chi connectivity index (χ3n) is 3.64. The zero-order valence-electron chi connectivity index (χ0n) is 15.8. The Hall–Kier alpha value is -1.76. The van der Waals surface area contributed by atoms with Crippen LogP contribution in [0.4, 0.5) is 4.79 Å². The Morgan fingerprint density at radius 3 is 2.35 bits per heavy atom. The van der Waals surface area contributed by atoms with E-state index in [4.69, 9.17) is 9.47 Å². The van der Waals surface area contributed by atoms with Gasteiger partial charge in [0, 0.05) is 13.1 Å². The molecule has 0 aliphatic heterocycles. The Balaban J connectivity index is 2.00. The zero-order chi connectivity index (χ0) is 19.2. The first-order valence-corrected chi connectivity index (χ1v) is 9.79. The Morgan fingerprint density at radius 2 is 1.77 bits per heavy atom. The molecule has 0 heterocycles. The van der Waals surface area contributed by atoms with Crippen molar-refractivity contribution in [1.82, 2.24) is 4.90 Å². The van der Waals surface area contributed by atoms with Crippen molar-refractivity contribution in [3.63, 3.8) is 0 Å². The molecule has 0 fully saturated rings. The highest BCUT2D eigenvalue weighted by Gasteiger charge is 2.21. The summed E-state index contributed by atoms with van der Waals surface area (Å²) in [4.78, 5) is 14.0. The van der Waals surface area contributed by atoms with Crippen molar-refractivity contribution in [2.75, 3.05) is 6.54 Å². The van der Waals surface area contributed by atoms with E-state index >= 15 is 0 Å². The van der Waals surface area contributed by atoms with Crippen molar-refractivity contribution >= 4 is 28.7 Å². The smallest absolute Gasteiger partial charge is 0.410 e. The van der Waals surface area contributed by atoms with Crippen molar-refractivity contribution in [3.05, 3.63) is 63.2 Å². The predicted octanol–water partition coefficient (Wildman–Crippen LogP) is 5.63. The van der Waals surface area contributed by atoms with E-state index < -0.39 is 5.60 Å². The SMILES string of the molecule is CCN(Cc1ccc(OCc2ccccc2)c(I)c1)C(=O)OC(C)(C)C. The van der Waals surface area contributed by atoms with Gasteiger partial charge in [0.1, 0.15) is 18.0 Å². The van der Waals surface area contributed by atoms with Gasteiger partial charge in [-0.2, -0.15) is 0 Å². The highest BCUT2D eigenvalue weighted by molar-refractivity contribution is 14.1. The number of ether oxygens (including phenoxy) is 2. The molecule has 2 aromatic carbocycles. The molecule has 140 valence electrons. The largest absolute Gasteiger partial charge is 0.488 e. The topological polar surface area (TPSA) is 38.8 Å². The summed E-state index contributed by atoms with van der Waals surface area (Å²) in [5.74, 6) is 0.846. The van der Waals surface area contributed by atoms with Crippen LogP contribution < -0.4 is 4.74 Å². The number of amides is 1. The molecule has 0 unspecified atom stereocenters. The second-order valence-corrected chi connectivity index (χ2v) is 8.20. The number of carbonyl (C=O) groups excluding carboxylic acids is 1. The predicted molar refractivity (Wildman–Crippen MR) is 112 cm³/mol. The lowest BCUT2D eigenvalue weighted by atomic mass is 10.2. The molecule has 2 aromatic rings. The highest BCUT2D eigenvalue weighted by atomic mass is 127. The van der Waals surface area contributed by atoms with Gasteiger partial charge in [0.2, 0.25) is 0 Å². The molecule has 5 heteroatoms. The lowest BCUT2D eigenvalue weighted by Gasteiger charge is -2.26. The first-order chi connectivity index (χ1) is 12.3. The third kappa shape index (κ3) is 6.52. The van der Waals surface area contributed by atoms with Gasteiger partial charge in [0.15, 0.2) is 0 Å². The molecule has 0 saturated heterocycles. The van der Waals surface area contributed by atoms with Gasteiger partial charge in [-0.15, -0.1) is 0 Å². The molecule has 0 aliphatic carbocycles. The number of halogens is 1. The van der Waals surface area contributed by atoms with Crippen molar-refractivity contribution in [3.8, 4) is 5.75 Å². The normalized spacial score (nSPS) is 11.1. The maximum absolute atomic E-state index is 12.3.